The number of ether oxygens (including phenoxy) is 1. The summed E-state index contributed by atoms with van der Waals surface area (Å²) in [5.74, 6) is -0.591. The van der Waals surface area contributed by atoms with Gasteiger partial charge in [-0.3, -0.25) is 10.0 Å². The Hall–Kier alpha value is -2.97. The zero-order valence-corrected chi connectivity index (χ0v) is 17.7. The van der Waals surface area contributed by atoms with Crippen LogP contribution >= 0.6 is 0 Å². The van der Waals surface area contributed by atoms with Crippen LogP contribution in [0.15, 0.2) is 53.4 Å². The second kappa shape index (κ2) is 9.03. The number of hydrogen-bond donors (Lipinski definition) is 3. The standard InChI is InChI=1S/C21H23N3O6S/c1-21(26)11-4-12-24(19(21)20(25)23-27)31(28,29)18-9-7-17(8-10-18)30-14-16-6-3-2-5-15(16)13-22/h2-3,5-10,19,26-27H,4,11-12,14H2,1H3,(H,23,25)/t19?,21-/m1/s1. The number of hydroxylamine groups is 1. The molecule has 1 fully saturated rings. The maximum absolute atomic E-state index is 13.2. The van der Waals surface area contributed by atoms with Gasteiger partial charge in [-0.1, -0.05) is 18.2 Å². The number of aliphatic hydroxyl groups is 1. The molecular formula is C21H23N3O6S. The number of nitrogens with zero attached hydrogens (tertiary/aromatic N) is 2. The molecule has 2 atom stereocenters. The average molecular weight is 445 g/mol. The lowest BCUT2D eigenvalue weighted by Crippen LogP contribution is -2.62. The number of rotatable bonds is 6. The normalized spacial score (nSPS) is 21.8. The van der Waals surface area contributed by atoms with E-state index in [4.69, 9.17) is 15.2 Å². The zero-order chi connectivity index (χ0) is 22.6. The first-order chi connectivity index (χ1) is 14.7. The van der Waals surface area contributed by atoms with Gasteiger partial charge in [-0.05, 0) is 50.1 Å². The fourth-order valence-corrected chi connectivity index (χ4v) is 5.38. The smallest absolute Gasteiger partial charge is 0.264 e. The number of nitriles is 1. The molecule has 0 aliphatic carbocycles. The molecule has 1 saturated heterocycles. The number of carbonyl (C=O) groups is 1. The fourth-order valence-electron chi connectivity index (χ4n) is 3.66. The maximum Gasteiger partial charge on any atom is 0.264 e. The lowest BCUT2D eigenvalue weighted by atomic mass is 9.87. The highest BCUT2D eigenvalue weighted by atomic mass is 32.2. The zero-order valence-electron chi connectivity index (χ0n) is 16.9. The molecule has 1 unspecified atom stereocenters. The van der Waals surface area contributed by atoms with Gasteiger partial charge in [-0.2, -0.15) is 9.57 Å². The van der Waals surface area contributed by atoms with Crippen molar-refractivity contribution in [2.45, 2.75) is 42.9 Å². The third-order valence-electron chi connectivity index (χ3n) is 5.26. The van der Waals surface area contributed by atoms with Crippen LogP contribution in [0.25, 0.3) is 0 Å². The van der Waals surface area contributed by atoms with Crippen molar-refractivity contribution in [3.8, 4) is 11.8 Å². The van der Waals surface area contributed by atoms with E-state index in [2.05, 4.69) is 6.07 Å². The molecule has 0 bridgehead atoms. The molecular weight excluding hydrogens is 422 g/mol. The van der Waals surface area contributed by atoms with Crippen molar-refractivity contribution in [1.82, 2.24) is 9.79 Å². The summed E-state index contributed by atoms with van der Waals surface area (Å²) in [6.45, 7) is 1.54. The minimum absolute atomic E-state index is 0.0275. The molecule has 1 aliphatic rings. The van der Waals surface area contributed by atoms with Crippen LogP contribution in [0.1, 0.15) is 30.9 Å². The highest BCUT2D eigenvalue weighted by Gasteiger charge is 2.49. The molecule has 9 nitrogen and oxygen atoms in total. The molecule has 1 amide bonds. The highest BCUT2D eigenvalue weighted by Crippen LogP contribution is 2.32. The Morgan fingerprint density at radius 2 is 1.97 bits per heavy atom. The first kappa shape index (κ1) is 22.7. The van der Waals surface area contributed by atoms with Crippen molar-refractivity contribution in [3.05, 3.63) is 59.7 Å². The molecule has 2 aromatic carbocycles. The first-order valence-electron chi connectivity index (χ1n) is 9.60. The van der Waals surface area contributed by atoms with Crippen molar-refractivity contribution in [2.24, 2.45) is 0 Å². The van der Waals surface area contributed by atoms with Gasteiger partial charge >= 0.3 is 0 Å². The molecule has 10 heteroatoms. The lowest BCUT2D eigenvalue weighted by Gasteiger charge is -2.42. The second-order valence-corrected chi connectivity index (χ2v) is 9.37. The van der Waals surface area contributed by atoms with E-state index < -0.39 is 27.6 Å². The van der Waals surface area contributed by atoms with Gasteiger partial charge in [-0.25, -0.2) is 13.9 Å². The third-order valence-corrected chi connectivity index (χ3v) is 7.14. The van der Waals surface area contributed by atoms with E-state index >= 15 is 0 Å². The number of piperidine rings is 1. The molecule has 1 heterocycles. The van der Waals surface area contributed by atoms with Crippen molar-refractivity contribution >= 4 is 15.9 Å². The summed E-state index contributed by atoms with van der Waals surface area (Å²) in [6.07, 6.45) is 0.578. The summed E-state index contributed by atoms with van der Waals surface area (Å²) in [6, 6.07) is 13.3. The summed E-state index contributed by atoms with van der Waals surface area (Å²) < 4.78 is 32.9. The van der Waals surface area contributed by atoms with Crippen LogP contribution < -0.4 is 10.2 Å². The largest absolute Gasteiger partial charge is 0.489 e. The van der Waals surface area contributed by atoms with Gasteiger partial charge in [0.25, 0.3) is 5.91 Å². The second-order valence-electron chi connectivity index (χ2n) is 7.48. The Bertz CT molecular complexity index is 1090. The molecule has 164 valence electrons. The topological polar surface area (TPSA) is 140 Å². The molecule has 1 aliphatic heterocycles. The Labute approximate surface area is 180 Å². The summed E-state index contributed by atoms with van der Waals surface area (Å²) in [5.41, 5.74) is 1.01. The quantitative estimate of drug-likeness (QED) is 0.453. The van der Waals surface area contributed by atoms with Crippen molar-refractivity contribution in [1.29, 1.82) is 5.26 Å². The molecule has 0 saturated carbocycles. The maximum atomic E-state index is 13.2. The minimum atomic E-state index is -4.13. The molecule has 0 spiro atoms. The van der Waals surface area contributed by atoms with Gasteiger partial charge in [0.05, 0.1) is 22.1 Å². The Morgan fingerprint density at radius 3 is 2.61 bits per heavy atom. The monoisotopic (exact) mass is 445 g/mol. The Morgan fingerprint density at radius 1 is 1.29 bits per heavy atom. The summed E-state index contributed by atoms with van der Waals surface area (Å²) in [5, 5.41) is 28.7. The van der Waals surface area contributed by atoms with Crippen LogP contribution in [0, 0.1) is 11.3 Å². The summed E-state index contributed by atoms with van der Waals surface area (Å²) in [4.78, 5) is 12.0. The predicted octanol–water partition coefficient (Wildman–Crippen LogP) is 1.55. The van der Waals surface area contributed by atoms with E-state index in [0.29, 0.717) is 23.3 Å². The number of nitrogens with one attached hydrogen (secondary N) is 1. The van der Waals surface area contributed by atoms with Gasteiger partial charge in [0, 0.05) is 12.1 Å². The number of sulfonamides is 1. The van der Waals surface area contributed by atoms with Crippen LogP contribution in [0.5, 0.6) is 5.75 Å². The van der Waals surface area contributed by atoms with E-state index in [1.165, 1.54) is 36.7 Å². The molecule has 0 aromatic heterocycles. The van der Waals surface area contributed by atoms with Crippen molar-refractivity contribution < 1.29 is 28.3 Å². The molecule has 3 N–H and O–H groups in total. The SMILES string of the molecule is C[C@@]1(O)CCCN(S(=O)(=O)c2ccc(OCc3ccccc3C#N)cc2)C1C(=O)NO. The summed E-state index contributed by atoms with van der Waals surface area (Å²) in [7, 11) is -4.13. The number of hydrogen-bond acceptors (Lipinski definition) is 7. The van der Waals surface area contributed by atoms with Gasteiger partial charge < -0.3 is 9.84 Å². The number of amides is 1. The first-order valence-corrected chi connectivity index (χ1v) is 11.0. The van der Waals surface area contributed by atoms with Gasteiger partial charge in [-0.15, -0.1) is 0 Å². The Balaban J connectivity index is 1.80. The molecule has 0 radical (unpaired) electrons. The van der Waals surface area contributed by atoms with Gasteiger partial charge in [0.15, 0.2) is 0 Å². The predicted molar refractivity (Wildman–Crippen MR) is 109 cm³/mol. The summed E-state index contributed by atoms with van der Waals surface area (Å²) >= 11 is 0. The van der Waals surface area contributed by atoms with Gasteiger partial charge in [0.1, 0.15) is 18.4 Å². The van der Waals surface area contributed by atoms with Crippen LogP contribution in [-0.4, -0.2) is 47.1 Å². The van der Waals surface area contributed by atoms with Crippen LogP contribution in [0.4, 0.5) is 0 Å². The molecule has 2 aromatic rings. The van der Waals surface area contributed by atoms with E-state index in [9.17, 15) is 18.3 Å². The minimum Gasteiger partial charge on any atom is -0.489 e. The third kappa shape index (κ3) is 4.70. The van der Waals surface area contributed by atoms with Crippen molar-refractivity contribution in [3.63, 3.8) is 0 Å². The highest BCUT2D eigenvalue weighted by molar-refractivity contribution is 7.89. The van der Waals surface area contributed by atoms with Crippen molar-refractivity contribution in [2.75, 3.05) is 6.54 Å². The fraction of sp³-hybridized carbons (Fsp3) is 0.333. The number of carbonyl (C=O) groups excluding carboxylic acids is 1. The van der Waals surface area contributed by atoms with E-state index in [1.807, 2.05) is 0 Å². The van der Waals surface area contributed by atoms with Crippen LogP contribution in [-0.2, 0) is 21.4 Å². The van der Waals surface area contributed by atoms with Crippen LogP contribution in [0.3, 0.4) is 0 Å². The average Bonchev–Trinajstić information content (AvgIpc) is 2.76. The lowest BCUT2D eigenvalue weighted by molar-refractivity contribution is -0.144. The van der Waals surface area contributed by atoms with E-state index in [0.717, 1.165) is 4.31 Å². The van der Waals surface area contributed by atoms with Gasteiger partial charge in [0.2, 0.25) is 10.0 Å². The number of benzene rings is 2. The molecule has 31 heavy (non-hydrogen) atoms. The van der Waals surface area contributed by atoms with E-state index in [1.54, 1.807) is 24.3 Å². The molecule has 3 rings (SSSR count). The Kier molecular flexibility index (Phi) is 6.62. The van der Waals surface area contributed by atoms with Crippen LogP contribution in [0.2, 0.25) is 0 Å². The van der Waals surface area contributed by atoms with E-state index in [-0.39, 0.29) is 24.5 Å².